The number of rotatable bonds is 6. The normalized spacial score (nSPS) is 18.4. The molecule has 6 nitrogen and oxygen atoms in total. The molecule has 0 bridgehead atoms. The van der Waals surface area contributed by atoms with Gasteiger partial charge in [0, 0.05) is 23.6 Å². The van der Waals surface area contributed by atoms with E-state index < -0.39 is 10.0 Å². The molecule has 1 fully saturated rings. The van der Waals surface area contributed by atoms with E-state index in [2.05, 4.69) is 21.4 Å². The lowest BCUT2D eigenvalue weighted by Gasteiger charge is -2.35. The van der Waals surface area contributed by atoms with Crippen LogP contribution in [0.4, 0.5) is 5.82 Å². The zero-order chi connectivity index (χ0) is 15.3. The standard InChI is InChI=1S/C13H22N4O2S2/c1-20-13(6-3-2-4-7-13)10-16-21(18,19)11-5-8-15-12(9-11)17-14/h5,8-9,16H,2-4,6-7,10,14H2,1H3,(H,15,17). The van der Waals surface area contributed by atoms with Gasteiger partial charge in [-0.3, -0.25) is 0 Å². The molecule has 0 aromatic carbocycles. The van der Waals surface area contributed by atoms with Crippen LogP contribution in [-0.4, -0.2) is 30.9 Å². The summed E-state index contributed by atoms with van der Waals surface area (Å²) < 4.78 is 27.5. The van der Waals surface area contributed by atoms with Gasteiger partial charge >= 0.3 is 0 Å². The number of sulfonamides is 1. The molecule has 0 spiro atoms. The van der Waals surface area contributed by atoms with Crippen molar-refractivity contribution in [2.24, 2.45) is 5.84 Å². The fourth-order valence-corrected chi connectivity index (χ4v) is 4.76. The second-order valence-electron chi connectivity index (χ2n) is 5.29. The maximum absolute atomic E-state index is 12.4. The fourth-order valence-electron chi connectivity index (χ4n) is 2.62. The molecule has 0 atom stereocenters. The Kier molecular flexibility index (Phi) is 5.48. The van der Waals surface area contributed by atoms with E-state index in [1.165, 1.54) is 37.6 Å². The van der Waals surface area contributed by atoms with Gasteiger partial charge in [0.15, 0.2) is 0 Å². The summed E-state index contributed by atoms with van der Waals surface area (Å²) in [4.78, 5) is 4.10. The lowest BCUT2D eigenvalue weighted by Crippen LogP contribution is -2.41. The summed E-state index contributed by atoms with van der Waals surface area (Å²) in [5.41, 5.74) is 2.36. The number of nitrogens with two attached hydrogens (primary N) is 1. The third kappa shape index (κ3) is 4.09. The Bertz CT molecular complexity index is 571. The monoisotopic (exact) mass is 330 g/mol. The minimum absolute atomic E-state index is 0.0211. The van der Waals surface area contributed by atoms with Gasteiger partial charge in [-0.2, -0.15) is 11.8 Å². The van der Waals surface area contributed by atoms with Gasteiger partial charge in [0.1, 0.15) is 5.82 Å². The first-order valence-corrected chi connectivity index (χ1v) is 9.70. The molecule has 4 N–H and O–H groups in total. The number of hydrazine groups is 1. The summed E-state index contributed by atoms with van der Waals surface area (Å²) in [6.07, 6.45) is 9.17. The summed E-state index contributed by atoms with van der Waals surface area (Å²) in [5.74, 6) is 5.59. The molecule has 21 heavy (non-hydrogen) atoms. The average Bonchev–Trinajstić information content (AvgIpc) is 2.54. The van der Waals surface area contributed by atoms with Crippen molar-refractivity contribution in [3.63, 3.8) is 0 Å². The average molecular weight is 330 g/mol. The first-order chi connectivity index (χ1) is 10.0. The lowest BCUT2D eigenvalue weighted by atomic mass is 9.88. The summed E-state index contributed by atoms with van der Waals surface area (Å²) in [7, 11) is -3.54. The molecule has 8 heteroatoms. The number of aromatic nitrogens is 1. The number of anilines is 1. The fraction of sp³-hybridized carbons (Fsp3) is 0.615. The number of hydrogen-bond donors (Lipinski definition) is 3. The predicted octanol–water partition coefficient (Wildman–Crippen LogP) is 1.71. The van der Waals surface area contributed by atoms with Crippen molar-refractivity contribution >= 4 is 27.6 Å². The molecule has 1 aliphatic carbocycles. The third-order valence-electron chi connectivity index (χ3n) is 3.97. The van der Waals surface area contributed by atoms with Gasteiger partial charge in [-0.25, -0.2) is 24.0 Å². The Labute approximate surface area is 130 Å². The zero-order valence-electron chi connectivity index (χ0n) is 12.1. The van der Waals surface area contributed by atoms with Crippen LogP contribution in [0.3, 0.4) is 0 Å². The Hall–Kier alpha value is -0.830. The molecular formula is C13H22N4O2S2. The number of nitrogen functional groups attached to an aromatic ring is 1. The number of thioether (sulfide) groups is 1. The summed E-state index contributed by atoms with van der Waals surface area (Å²) in [6.45, 7) is 0.463. The summed E-state index contributed by atoms with van der Waals surface area (Å²) in [5, 5.41) is 0. The van der Waals surface area contributed by atoms with Crippen molar-refractivity contribution in [2.75, 3.05) is 18.2 Å². The second kappa shape index (κ2) is 6.95. The van der Waals surface area contributed by atoms with Crippen LogP contribution in [-0.2, 0) is 10.0 Å². The maximum atomic E-state index is 12.4. The van der Waals surface area contributed by atoms with Crippen molar-refractivity contribution in [3.8, 4) is 0 Å². The van der Waals surface area contributed by atoms with E-state index in [0.29, 0.717) is 12.4 Å². The highest BCUT2D eigenvalue weighted by molar-refractivity contribution is 8.00. The highest BCUT2D eigenvalue weighted by Crippen LogP contribution is 2.38. The molecule has 1 aliphatic rings. The van der Waals surface area contributed by atoms with Gasteiger partial charge in [-0.05, 0) is 25.2 Å². The van der Waals surface area contributed by atoms with E-state index >= 15 is 0 Å². The van der Waals surface area contributed by atoms with Crippen LogP contribution in [0.5, 0.6) is 0 Å². The molecule has 0 amide bonds. The highest BCUT2D eigenvalue weighted by atomic mass is 32.2. The molecule has 1 aromatic rings. The maximum Gasteiger partial charge on any atom is 0.240 e. The first-order valence-electron chi connectivity index (χ1n) is 6.99. The Balaban J connectivity index is 2.09. The number of nitrogens with one attached hydrogen (secondary N) is 2. The van der Waals surface area contributed by atoms with Crippen molar-refractivity contribution in [3.05, 3.63) is 18.3 Å². The van der Waals surface area contributed by atoms with E-state index in [1.54, 1.807) is 11.8 Å². The van der Waals surface area contributed by atoms with Crippen LogP contribution in [0.15, 0.2) is 23.2 Å². The number of nitrogens with zero attached hydrogens (tertiary/aromatic N) is 1. The van der Waals surface area contributed by atoms with Gasteiger partial charge in [-0.1, -0.05) is 19.3 Å². The molecule has 0 aliphatic heterocycles. The molecule has 1 heterocycles. The van der Waals surface area contributed by atoms with Gasteiger partial charge in [-0.15, -0.1) is 0 Å². The minimum Gasteiger partial charge on any atom is -0.308 e. The molecule has 0 saturated heterocycles. The van der Waals surface area contributed by atoms with Crippen LogP contribution in [0.25, 0.3) is 0 Å². The molecule has 2 rings (SSSR count). The van der Waals surface area contributed by atoms with Crippen molar-refractivity contribution < 1.29 is 8.42 Å². The SMILES string of the molecule is CSC1(CNS(=O)(=O)c2ccnc(NN)c2)CCCCC1. The van der Waals surface area contributed by atoms with Gasteiger partial charge in [0.2, 0.25) is 10.0 Å². The van der Waals surface area contributed by atoms with Crippen LogP contribution in [0.2, 0.25) is 0 Å². The minimum atomic E-state index is -3.54. The quantitative estimate of drug-likeness (QED) is 0.543. The van der Waals surface area contributed by atoms with E-state index in [0.717, 1.165) is 12.8 Å². The Morgan fingerprint density at radius 2 is 2.10 bits per heavy atom. The largest absolute Gasteiger partial charge is 0.308 e. The van der Waals surface area contributed by atoms with Gasteiger partial charge in [0.05, 0.1) is 4.90 Å². The van der Waals surface area contributed by atoms with Crippen molar-refractivity contribution in [1.82, 2.24) is 9.71 Å². The topological polar surface area (TPSA) is 97.1 Å². The van der Waals surface area contributed by atoms with Gasteiger partial charge < -0.3 is 5.43 Å². The van der Waals surface area contributed by atoms with Crippen LogP contribution in [0.1, 0.15) is 32.1 Å². The Morgan fingerprint density at radius 1 is 1.38 bits per heavy atom. The molecule has 0 unspecified atom stereocenters. The van der Waals surface area contributed by atoms with E-state index in [4.69, 9.17) is 5.84 Å². The van der Waals surface area contributed by atoms with Crippen molar-refractivity contribution in [2.45, 2.75) is 41.7 Å². The van der Waals surface area contributed by atoms with E-state index in [9.17, 15) is 8.42 Å². The Morgan fingerprint density at radius 3 is 2.71 bits per heavy atom. The van der Waals surface area contributed by atoms with Crippen LogP contribution >= 0.6 is 11.8 Å². The van der Waals surface area contributed by atoms with E-state index in [1.807, 2.05) is 0 Å². The lowest BCUT2D eigenvalue weighted by molar-refractivity contribution is 0.395. The predicted molar refractivity (Wildman–Crippen MR) is 86.6 cm³/mol. The highest BCUT2D eigenvalue weighted by Gasteiger charge is 2.32. The third-order valence-corrected chi connectivity index (χ3v) is 6.79. The molecule has 1 saturated carbocycles. The van der Waals surface area contributed by atoms with E-state index in [-0.39, 0.29) is 9.64 Å². The number of hydrogen-bond acceptors (Lipinski definition) is 6. The first kappa shape index (κ1) is 16.5. The molecule has 1 aromatic heterocycles. The summed E-state index contributed by atoms with van der Waals surface area (Å²) in [6, 6.07) is 2.89. The van der Waals surface area contributed by atoms with Crippen molar-refractivity contribution in [1.29, 1.82) is 0 Å². The molecular weight excluding hydrogens is 308 g/mol. The molecule has 118 valence electrons. The smallest absolute Gasteiger partial charge is 0.240 e. The summed E-state index contributed by atoms with van der Waals surface area (Å²) >= 11 is 1.77. The van der Waals surface area contributed by atoms with Crippen LogP contribution in [0, 0.1) is 0 Å². The second-order valence-corrected chi connectivity index (χ2v) is 8.33. The van der Waals surface area contributed by atoms with Crippen LogP contribution < -0.4 is 16.0 Å². The zero-order valence-corrected chi connectivity index (χ0v) is 13.8. The van der Waals surface area contributed by atoms with Gasteiger partial charge in [0.25, 0.3) is 0 Å². The number of pyridine rings is 1. The molecule has 0 radical (unpaired) electrons.